The van der Waals surface area contributed by atoms with E-state index in [4.69, 9.17) is 0 Å². The van der Waals surface area contributed by atoms with E-state index in [1.165, 1.54) is 5.56 Å². The summed E-state index contributed by atoms with van der Waals surface area (Å²) in [7, 11) is 0. The van der Waals surface area contributed by atoms with Crippen LogP contribution in [-0.4, -0.2) is 11.7 Å². The van der Waals surface area contributed by atoms with Crippen LogP contribution >= 0.6 is 43.6 Å². The Morgan fingerprint density at radius 2 is 1.70 bits per heavy atom. The van der Waals surface area contributed by atoms with Gasteiger partial charge in [0.1, 0.15) is 0 Å². The monoisotopic (exact) mass is 455 g/mol. The Bertz CT molecular complexity index is 693. The molecule has 2 aromatic carbocycles. The van der Waals surface area contributed by atoms with Crippen molar-refractivity contribution >= 4 is 55.2 Å². The third-order valence-corrected chi connectivity index (χ3v) is 6.19. The number of hydrogen-bond acceptors (Lipinski definition) is 2. The number of anilines is 1. The van der Waals surface area contributed by atoms with Crippen molar-refractivity contribution in [3.63, 3.8) is 0 Å². The second-order valence-electron chi connectivity index (χ2n) is 6.24. The molecule has 2 aromatic rings. The Labute approximate surface area is 158 Å². The fraction of sp³-hybridized carbons (Fsp3) is 0.278. The minimum atomic E-state index is -0.0101. The SMILES string of the molecule is CC(C)(C)c1ccc(SCC(=O)Nc2ccc(Br)c(Br)c2)cc1. The topological polar surface area (TPSA) is 29.1 Å². The first-order valence-corrected chi connectivity index (χ1v) is 9.81. The lowest BCUT2D eigenvalue weighted by molar-refractivity contribution is -0.113. The number of carbonyl (C=O) groups excluding carboxylic acids is 1. The van der Waals surface area contributed by atoms with E-state index in [1.807, 2.05) is 18.2 Å². The second-order valence-corrected chi connectivity index (χ2v) is 9.00. The summed E-state index contributed by atoms with van der Waals surface area (Å²) >= 11 is 8.39. The van der Waals surface area contributed by atoms with Gasteiger partial charge in [-0.2, -0.15) is 0 Å². The van der Waals surface area contributed by atoms with Crippen molar-refractivity contribution in [2.75, 3.05) is 11.1 Å². The van der Waals surface area contributed by atoms with Gasteiger partial charge in [0.2, 0.25) is 5.91 Å². The number of amides is 1. The largest absolute Gasteiger partial charge is 0.325 e. The summed E-state index contributed by atoms with van der Waals surface area (Å²) in [6.07, 6.45) is 0. The zero-order valence-corrected chi connectivity index (χ0v) is 17.3. The molecule has 0 aliphatic carbocycles. The third-order valence-electron chi connectivity index (χ3n) is 3.29. The van der Waals surface area contributed by atoms with Crippen LogP contribution in [0.4, 0.5) is 5.69 Å². The van der Waals surface area contributed by atoms with Crippen molar-refractivity contribution in [3.05, 3.63) is 57.0 Å². The Hall–Kier alpha value is -0.780. The van der Waals surface area contributed by atoms with Crippen molar-refractivity contribution in [1.82, 2.24) is 0 Å². The van der Waals surface area contributed by atoms with Crippen LogP contribution in [0.3, 0.4) is 0 Å². The van der Waals surface area contributed by atoms with Gasteiger partial charge in [-0.05, 0) is 73.2 Å². The fourth-order valence-corrected chi connectivity index (χ4v) is 3.29. The van der Waals surface area contributed by atoms with Gasteiger partial charge in [0, 0.05) is 19.5 Å². The molecule has 0 aromatic heterocycles. The lowest BCUT2D eigenvalue weighted by atomic mass is 9.87. The summed E-state index contributed by atoms with van der Waals surface area (Å²) in [6.45, 7) is 6.58. The van der Waals surface area contributed by atoms with Gasteiger partial charge in [0.25, 0.3) is 0 Å². The van der Waals surface area contributed by atoms with Gasteiger partial charge in [0.15, 0.2) is 0 Å². The van der Waals surface area contributed by atoms with Gasteiger partial charge >= 0.3 is 0 Å². The van der Waals surface area contributed by atoms with E-state index in [2.05, 4.69) is 82.2 Å². The summed E-state index contributed by atoms with van der Waals surface area (Å²) in [5.41, 5.74) is 2.23. The molecule has 0 fully saturated rings. The molecule has 1 amide bonds. The molecule has 0 heterocycles. The molecule has 2 rings (SSSR count). The lowest BCUT2D eigenvalue weighted by Gasteiger charge is -2.19. The van der Waals surface area contributed by atoms with Gasteiger partial charge in [-0.1, -0.05) is 32.9 Å². The van der Waals surface area contributed by atoms with Gasteiger partial charge < -0.3 is 5.32 Å². The highest BCUT2D eigenvalue weighted by Gasteiger charge is 2.13. The van der Waals surface area contributed by atoms with Crippen molar-refractivity contribution < 1.29 is 4.79 Å². The first kappa shape index (κ1) is 18.6. The van der Waals surface area contributed by atoms with Crippen LogP contribution in [0.25, 0.3) is 0 Å². The summed E-state index contributed by atoms with van der Waals surface area (Å²) < 4.78 is 1.88. The predicted molar refractivity (Wildman–Crippen MR) is 106 cm³/mol. The van der Waals surface area contributed by atoms with E-state index < -0.39 is 0 Å². The number of hydrogen-bond donors (Lipinski definition) is 1. The van der Waals surface area contributed by atoms with Crippen LogP contribution < -0.4 is 5.32 Å². The maximum atomic E-state index is 12.0. The number of halogens is 2. The summed E-state index contributed by atoms with van der Waals surface area (Å²) in [5.74, 6) is 0.381. The molecule has 0 saturated carbocycles. The quantitative estimate of drug-likeness (QED) is 0.551. The lowest BCUT2D eigenvalue weighted by Crippen LogP contribution is -2.14. The smallest absolute Gasteiger partial charge is 0.234 e. The van der Waals surface area contributed by atoms with Crippen LogP contribution in [0.5, 0.6) is 0 Å². The molecule has 0 aliphatic rings. The number of benzene rings is 2. The molecular formula is C18H19Br2NOS. The number of nitrogens with one attached hydrogen (secondary N) is 1. The fourth-order valence-electron chi connectivity index (χ4n) is 1.97. The maximum absolute atomic E-state index is 12.0. The first-order chi connectivity index (χ1) is 10.8. The summed E-state index contributed by atoms with van der Waals surface area (Å²) in [5, 5.41) is 2.91. The minimum Gasteiger partial charge on any atom is -0.325 e. The van der Waals surface area contributed by atoms with Gasteiger partial charge in [-0.3, -0.25) is 4.79 Å². The summed E-state index contributed by atoms with van der Waals surface area (Å²) in [4.78, 5) is 13.2. The van der Waals surface area contributed by atoms with E-state index in [0.29, 0.717) is 5.75 Å². The van der Waals surface area contributed by atoms with E-state index in [0.717, 1.165) is 19.5 Å². The number of thioether (sulfide) groups is 1. The molecule has 0 saturated heterocycles. The molecule has 122 valence electrons. The molecule has 0 radical (unpaired) electrons. The van der Waals surface area contributed by atoms with Crippen molar-refractivity contribution in [1.29, 1.82) is 0 Å². The molecule has 0 unspecified atom stereocenters. The third kappa shape index (κ3) is 5.66. The predicted octanol–water partition coefficient (Wildman–Crippen LogP) is 6.24. The van der Waals surface area contributed by atoms with Crippen LogP contribution in [0.1, 0.15) is 26.3 Å². The Morgan fingerprint density at radius 1 is 1.04 bits per heavy atom. The minimum absolute atomic E-state index is 0.0101. The Morgan fingerprint density at radius 3 is 2.26 bits per heavy atom. The van der Waals surface area contributed by atoms with Crippen molar-refractivity contribution in [3.8, 4) is 0 Å². The highest BCUT2D eigenvalue weighted by Crippen LogP contribution is 2.27. The van der Waals surface area contributed by atoms with Crippen LogP contribution in [-0.2, 0) is 10.2 Å². The average Bonchev–Trinajstić information content (AvgIpc) is 2.48. The van der Waals surface area contributed by atoms with Crippen molar-refractivity contribution in [2.24, 2.45) is 0 Å². The second kappa shape index (κ2) is 7.86. The normalized spacial score (nSPS) is 11.3. The average molecular weight is 457 g/mol. The molecular weight excluding hydrogens is 438 g/mol. The number of rotatable bonds is 4. The van der Waals surface area contributed by atoms with Crippen LogP contribution in [0, 0.1) is 0 Å². The molecule has 0 aliphatic heterocycles. The van der Waals surface area contributed by atoms with Gasteiger partial charge in [-0.25, -0.2) is 0 Å². The molecule has 0 atom stereocenters. The van der Waals surface area contributed by atoms with Crippen molar-refractivity contribution in [2.45, 2.75) is 31.1 Å². The number of carbonyl (C=O) groups is 1. The first-order valence-electron chi connectivity index (χ1n) is 7.24. The maximum Gasteiger partial charge on any atom is 0.234 e. The molecule has 5 heteroatoms. The summed E-state index contributed by atoms with van der Waals surface area (Å²) in [6, 6.07) is 14.1. The molecule has 0 bridgehead atoms. The molecule has 2 nitrogen and oxygen atoms in total. The molecule has 0 spiro atoms. The van der Waals surface area contributed by atoms with E-state index in [9.17, 15) is 4.79 Å². The zero-order chi connectivity index (χ0) is 17.0. The van der Waals surface area contributed by atoms with Crippen LogP contribution in [0.2, 0.25) is 0 Å². The van der Waals surface area contributed by atoms with E-state index in [1.54, 1.807) is 11.8 Å². The van der Waals surface area contributed by atoms with Gasteiger partial charge in [0.05, 0.1) is 5.75 Å². The highest BCUT2D eigenvalue weighted by molar-refractivity contribution is 9.13. The molecule has 23 heavy (non-hydrogen) atoms. The Kier molecular flexibility index (Phi) is 6.34. The molecule has 1 N–H and O–H groups in total. The van der Waals surface area contributed by atoms with Gasteiger partial charge in [-0.15, -0.1) is 11.8 Å². The van der Waals surface area contributed by atoms with E-state index >= 15 is 0 Å². The van der Waals surface area contributed by atoms with E-state index in [-0.39, 0.29) is 11.3 Å². The standard InChI is InChI=1S/C18H19Br2NOS/c1-18(2,3)12-4-7-14(8-5-12)23-11-17(22)21-13-6-9-15(19)16(20)10-13/h4-10H,11H2,1-3H3,(H,21,22). The van der Waals surface area contributed by atoms with Crippen LogP contribution in [0.15, 0.2) is 56.3 Å². The zero-order valence-electron chi connectivity index (χ0n) is 13.3. The highest BCUT2D eigenvalue weighted by atomic mass is 79.9. The Balaban J connectivity index is 1.90.